The monoisotopic (exact) mass is 227 g/mol. The SMILES string of the molecule is Cc1ccccc1CCC(N)c1cncnc1. The molecular weight excluding hydrogens is 210 g/mol. The molecule has 0 saturated carbocycles. The second-order valence-electron chi connectivity index (χ2n) is 4.24. The van der Waals surface area contributed by atoms with Crippen LogP contribution in [0, 0.1) is 6.92 Å². The van der Waals surface area contributed by atoms with Crippen LogP contribution >= 0.6 is 0 Å². The predicted octanol–water partition coefficient (Wildman–Crippen LogP) is 2.42. The fraction of sp³-hybridized carbons (Fsp3) is 0.286. The third-order valence-electron chi connectivity index (χ3n) is 2.99. The number of benzene rings is 1. The van der Waals surface area contributed by atoms with Crippen LogP contribution < -0.4 is 5.73 Å². The van der Waals surface area contributed by atoms with Crippen LogP contribution in [0.1, 0.15) is 29.2 Å². The average Bonchev–Trinajstić information content (AvgIpc) is 2.38. The second-order valence-corrected chi connectivity index (χ2v) is 4.24. The second kappa shape index (κ2) is 5.55. The van der Waals surface area contributed by atoms with E-state index in [1.54, 1.807) is 12.4 Å². The number of rotatable bonds is 4. The predicted molar refractivity (Wildman–Crippen MR) is 68.5 cm³/mol. The third kappa shape index (κ3) is 3.11. The van der Waals surface area contributed by atoms with Crippen LogP contribution in [0.25, 0.3) is 0 Å². The molecule has 88 valence electrons. The van der Waals surface area contributed by atoms with Crippen LogP contribution in [0.15, 0.2) is 43.0 Å². The number of hydrogen-bond donors (Lipinski definition) is 1. The molecule has 1 atom stereocenters. The summed E-state index contributed by atoms with van der Waals surface area (Å²) < 4.78 is 0. The van der Waals surface area contributed by atoms with Crippen LogP contribution in [-0.4, -0.2) is 9.97 Å². The highest BCUT2D eigenvalue weighted by Crippen LogP contribution is 2.16. The van der Waals surface area contributed by atoms with E-state index in [9.17, 15) is 0 Å². The Morgan fingerprint density at radius 2 is 1.88 bits per heavy atom. The van der Waals surface area contributed by atoms with Gasteiger partial charge in [-0.3, -0.25) is 0 Å². The first kappa shape index (κ1) is 11.7. The largest absolute Gasteiger partial charge is 0.324 e. The highest BCUT2D eigenvalue weighted by atomic mass is 14.8. The van der Waals surface area contributed by atoms with Gasteiger partial charge in [-0.25, -0.2) is 9.97 Å². The first-order valence-electron chi connectivity index (χ1n) is 5.82. The Hall–Kier alpha value is -1.74. The zero-order chi connectivity index (χ0) is 12.1. The maximum atomic E-state index is 6.11. The van der Waals surface area contributed by atoms with E-state index >= 15 is 0 Å². The number of aromatic nitrogens is 2. The normalized spacial score (nSPS) is 12.4. The van der Waals surface area contributed by atoms with Gasteiger partial charge in [0.05, 0.1) is 0 Å². The minimum atomic E-state index is 0.0100. The molecule has 1 aromatic carbocycles. The lowest BCUT2D eigenvalue weighted by molar-refractivity contribution is 0.644. The Morgan fingerprint density at radius 1 is 1.18 bits per heavy atom. The van der Waals surface area contributed by atoms with Crippen molar-refractivity contribution in [1.29, 1.82) is 0 Å². The molecule has 0 aliphatic heterocycles. The van der Waals surface area contributed by atoms with Crippen LogP contribution in [0.5, 0.6) is 0 Å². The lowest BCUT2D eigenvalue weighted by atomic mass is 9.99. The van der Waals surface area contributed by atoms with Crippen molar-refractivity contribution in [1.82, 2.24) is 9.97 Å². The van der Waals surface area contributed by atoms with E-state index in [-0.39, 0.29) is 6.04 Å². The number of nitrogens with zero attached hydrogens (tertiary/aromatic N) is 2. The van der Waals surface area contributed by atoms with Crippen LogP contribution in [0.3, 0.4) is 0 Å². The summed E-state index contributed by atoms with van der Waals surface area (Å²) in [5.41, 5.74) is 9.80. The van der Waals surface area contributed by atoms with Crippen molar-refractivity contribution < 1.29 is 0 Å². The summed E-state index contributed by atoms with van der Waals surface area (Å²) in [6.45, 7) is 2.13. The summed E-state index contributed by atoms with van der Waals surface area (Å²) in [5.74, 6) is 0. The smallest absolute Gasteiger partial charge is 0.115 e. The summed E-state index contributed by atoms with van der Waals surface area (Å²) in [7, 11) is 0. The van der Waals surface area contributed by atoms with Gasteiger partial charge in [0.15, 0.2) is 0 Å². The molecule has 0 spiro atoms. The number of nitrogens with two attached hydrogens (primary N) is 1. The first-order chi connectivity index (χ1) is 8.27. The Balaban J connectivity index is 1.97. The van der Waals surface area contributed by atoms with E-state index in [1.165, 1.54) is 17.5 Å². The van der Waals surface area contributed by atoms with Crippen LogP contribution in [0.2, 0.25) is 0 Å². The Labute approximate surface area is 102 Å². The van der Waals surface area contributed by atoms with Crippen molar-refractivity contribution in [3.63, 3.8) is 0 Å². The molecule has 0 aliphatic carbocycles. The Kier molecular flexibility index (Phi) is 3.83. The fourth-order valence-corrected chi connectivity index (χ4v) is 1.87. The van der Waals surface area contributed by atoms with Gasteiger partial charge in [-0.1, -0.05) is 24.3 Å². The maximum Gasteiger partial charge on any atom is 0.115 e. The molecule has 1 heterocycles. The summed E-state index contributed by atoms with van der Waals surface area (Å²) in [6, 6.07) is 8.43. The lowest BCUT2D eigenvalue weighted by Gasteiger charge is -2.12. The third-order valence-corrected chi connectivity index (χ3v) is 2.99. The fourth-order valence-electron chi connectivity index (χ4n) is 1.87. The molecular formula is C14H17N3. The molecule has 0 fully saturated rings. The molecule has 1 aromatic heterocycles. The molecule has 0 bridgehead atoms. The van der Waals surface area contributed by atoms with Crippen molar-refractivity contribution >= 4 is 0 Å². The molecule has 0 amide bonds. The van der Waals surface area contributed by atoms with Gasteiger partial charge in [-0.05, 0) is 30.9 Å². The Morgan fingerprint density at radius 3 is 2.59 bits per heavy atom. The maximum absolute atomic E-state index is 6.11. The standard InChI is InChI=1S/C14H17N3/c1-11-4-2-3-5-12(11)6-7-14(15)13-8-16-10-17-9-13/h2-5,8-10,14H,6-7,15H2,1H3. The van der Waals surface area contributed by atoms with E-state index in [2.05, 4.69) is 41.2 Å². The van der Waals surface area contributed by atoms with Crippen LogP contribution in [-0.2, 0) is 6.42 Å². The van der Waals surface area contributed by atoms with Gasteiger partial charge in [0.25, 0.3) is 0 Å². The highest BCUT2D eigenvalue weighted by molar-refractivity contribution is 5.26. The summed E-state index contributed by atoms with van der Waals surface area (Å²) in [6.07, 6.45) is 7.00. The topological polar surface area (TPSA) is 51.8 Å². The summed E-state index contributed by atoms with van der Waals surface area (Å²) in [4.78, 5) is 7.97. The van der Waals surface area contributed by atoms with Gasteiger partial charge in [0.2, 0.25) is 0 Å². The zero-order valence-corrected chi connectivity index (χ0v) is 10.0. The Bertz CT molecular complexity index is 468. The summed E-state index contributed by atoms with van der Waals surface area (Å²) >= 11 is 0. The molecule has 17 heavy (non-hydrogen) atoms. The van der Waals surface area contributed by atoms with Gasteiger partial charge in [0.1, 0.15) is 6.33 Å². The van der Waals surface area contributed by atoms with Gasteiger partial charge < -0.3 is 5.73 Å². The van der Waals surface area contributed by atoms with Crippen LogP contribution in [0.4, 0.5) is 0 Å². The molecule has 3 heteroatoms. The first-order valence-corrected chi connectivity index (χ1v) is 5.82. The molecule has 2 aromatic rings. The molecule has 0 saturated heterocycles. The quantitative estimate of drug-likeness (QED) is 0.872. The highest BCUT2D eigenvalue weighted by Gasteiger charge is 2.07. The van der Waals surface area contributed by atoms with Gasteiger partial charge in [-0.2, -0.15) is 0 Å². The lowest BCUT2D eigenvalue weighted by Crippen LogP contribution is -2.12. The molecule has 2 rings (SSSR count). The van der Waals surface area contributed by atoms with E-state index in [4.69, 9.17) is 5.73 Å². The van der Waals surface area contributed by atoms with E-state index in [0.717, 1.165) is 18.4 Å². The van der Waals surface area contributed by atoms with Crippen molar-refractivity contribution in [2.45, 2.75) is 25.8 Å². The summed E-state index contributed by atoms with van der Waals surface area (Å²) in [5, 5.41) is 0. The van der Waals surface area contributed by atoms with Crippen molar-refractivity contribution in [3.8, 4) is 0 Å². The number of hydrogen-bond acceptors (Lipinski definition) is 3. The molecule has 0 radical (unpaired) electrons. The molecule has 0 aliphatic rings. The average molecular weight is 227 g/mol. The zero-order valence-electron chi connectivity index (χ0n) is 10.0. The van der Waals surface area contributed by atoms with E-state index in [0.29, 0.717) is 0 Å². The van der Waals surface area contributed by atoms with Crippen molar-refractivity contribution in [2.24, 2.45) is 5.73 Å². The van der Waals surface area contributed by atoms with Crippen molar-refractivity contribution in [3.05, 3.63) is 59.7 Å². The van der Waals surface area contributed by atoms with E-state index in [1.807, 2.05) is 0 Å². The van der Waals surface area contributed by atoms with Gasteiger partial charge in [-0.15, -0.1) is 0 Å². The van der Waals surface area contributed by atoms with Crippen molar-refractivity contribution in [2.75, 3.05) is 0 Å². The minimum absolute atomic E-state index is 0.0100. The molecule has 1 unspecified atom stereocenters. The van der Waals surface area contributed by atoms with Gasteiger partial charge >= 0.3 is 0 Å². The molecule has 2 N–H and O–H groups in total. The molecule has 3 nitrogen and oxygen atoms in total. The van der Waals surface area contributed by atoms with E-state index < -0.39 is 0 Å². The minimum Gasteiger partial charge on any atom is -0.324 e. The number of aryl methyl sites for hydroxylation is 2. The van der Waals surface area contributed by atoms with Gasteiger partial charge in [0, 0.05) is 24.0 Å².